The first-order chi connectivity index (χ1) is 14.9. The number of aromatic amines is 1. The highest BCUT2D eigenvalue weighted by molar-refractivity contribution is 6.24. The van der Waals surface area contributed by atoms with E-state index in [1.54, 1.807) is 31.2 Å². The number of ether oxygens (including phenoxy) is 1. The van der Waals surface area contributed by atoms with Gasteiger partial charge in [-0.1, -0.05) is 30.3 Å². The number of para-hydroxylation sites is 1. The first kappa shape index (κ1) is 19.0. The molecule has 0 aliphatic carbocycles. The molecular formula is C23H19N3O5. The van der Waals surface area contributed by atoms with Crippen molar-refractivity contribution in [3.8, 4) is 0 Å². The zero-order chi connectivity index (χ0) is 21.9. The number of nitrogens with zero attached hydrogens (tertiary/aromatic N) is 2. The number of fused-ring (bicyclic) bond motifs is 4. The van der Waals surface area contributed by atoms with Crippen molar-refractivity contribution >= 4 is 40.4 Å². The van der Waals surface area contributed by atoms with Gasteiger partial charge < -0.3 is 9.72 Å². The largest absolute Gasteiger partial charge is 0.467 e. The van der Waals surface area contributed by atoms with Crippen LogP contribution >= 0.6 is 0 Å². The summed E-state index contributed by atoms with van der Waals surface area (Å²) in [5, 5.41) is 0.869. The van der Waals surface area contributed by atoms with Crippen LogP contribution in [0.2, 0.25) is 0 Å². The third-order valence-electron chi connectivity index (χ3n) is 6.02. The molecule has 2 aliphatic heterocycles. The van der Waals surface area contributed by atoms with Crippen LogP contribution in [-0.4, -0.2) is 52.8 Å². The standard InChI is InChI=1S/C23H19N3O5/c1-12(23(30)31-2)25-19-16(13-7-5-6-10-17(13)24-19)11-18(22(25)29)26-20(27)14-8-3-4-9-15(14)21(26)28/h3-10,12,18,24H,11H2,1-2H3/t12-,18+/m0/s1. The molecule has 156 valence electrons. The van der Waals surface area contributed by atoms with Gasteiger partial charge >= 0.3 is 5.97 Å². The smallest absolute Gasteiger partial charge is 0.328 e. The minimum absolute atomic E-state index is 0.161. The summed E-state index contributed by atoms with van der Waals surface area (Å²) in [6, 6.07) is 12.0. The lowest BCUT2D eigenvalue weighted by molar-refractivity contribution is -0.143. The summed E-state index contributed by atoms with van der Waals surface area (Å²) in [5.74, 6) is -1.63. The Kier molecular flexibility index (Phi) is 4.18. The highest BCUT2D eigenvalue weighted by Crippen LogP contribution is 2.38. The predicted molar refractivity (Wildman–Crippen MR) is 112 cm³/mol. The van der Waals surface area contributed by atoms with E-state index in [0.717, 1.165) is 21.4 Å². The van der Waals surface area contributed by atoms with Crippen molar-refractivity contribution in [2.24, 2.45) is 0 Å². The average molecular weight is 417 g/mol. The second-order valence-corrected chi connectivity index (χ2v) is 7.65. The summed E-state index contributed by atoms with van der Waals surface area (Å²) in [5.41, 5.74) is 2.12. The summed E-state index contributed by atoms with van der Waals surface area (Å²) in [7, 11) is 1.25. The topological polar surface area (TPSA) is 99.8 Å². The van der Waals surface area contributed by atoms with Crippen LogP contribution in [0.15, 0.2) is 48.5 Å². The number of esters is 1. The minimum atomic E-state index is -1.06. The summed E-state index contributed by atoms with van der Waals surface area (Å²) in [4.78, 5) is 57.6. The van der Waals surface area contributed by atoms with Gasteiger partial charge in [-0.15, -0.1) is 0 Å². The van der Waals surface area contributed by atoms with Gasteiger partial charge in [0.1, 0.15) is 17.9 Å². The zero-order valence-electron chi connectivity index (χ0n) is 16.9. The molecule has 1 N–H and O–H groups in total. The van der Waals surface area contributed by atoms with Gasteiger partial charge in [-0.05, 0) is 25.1 Å². The van der Waals surface area contributed by atoms with Crippen molar-refractivity contribution < 1.29 is 23.9 Å². The number of methoxy groups -OCH3 is 1. The Balaban J connectivity index is 1.66. The van der Waals surface area contributed by atoms with Gasteiger partial charge in [-0.3, -0.25) is 24.2 Å². The number of imide groups is 1. The van der Waals surface area contributed by atoms with Crippen molar-refractivity contribution in [3.05, 3.63) is 65.2 Å². The molecule has 0 fully saturated rings. The SMILES string of the molecule is COC(=O)[C@H](C)N1C(=O)[C@H](N2C(=O)c3ccccc3C2=O)Cc2c1[nH]c1ccccc21. The van der Waals surface area contributed by atoms with Crippen LogP contribution in [0.3, 0.4) is 0 Å². The molecule has 0 unspecified atom stereocenters. The Bertz CT molecular complexity index is 1240. The molecule has 0 spiro atoms. The van der Waals surface area contributed by atoms with Gasteiger partial charge in [0.15, 0.2) is 0 Å². The Labute approximate surface area is 177 Å². The van der Waals surface area contributed by atoms with E-state index in [1.807, 2.05) is 24.3 Å². The molecule has 0 bridgehead atoms. The molecule has 8 heteroatoms. The number of anilines is 1. The van der Waals surface area contributed by atoms with Crippen LogP contribution < -0.4 is 4.90 Å². The van der Waals surface area contributed by atoms with Gasteiger partial charge in [0.25, 0.3) is 17.7 Å². The summed E-state index contributed by atoms with van der Waals surface area (Å²) in [6.45, 7) is 1.56. The second-order valence-electron chi connectivity index (χ2n) is 7.65. The predicted octanol–water partition coefficient (Wildman–Crippen LogP) is 2.28. The van der Waals surface area contributed by atoms with E-state index in [4.69, 9.17) is 4.74 Å². The molecule has 0 saturated heterocycles. The van der Waals surface area contributed by atoms with Crippen molar-refractivity contribution in [3.63, 3.8) is 0 Å². The fraction of sp³-hybridized carbons (Fsp3) is 0.217. The quantitative estimate of drug-likeness (QED) is 0.521. The number of rotatable bonds is 3. The first-order valence-electron chi connectivity index (χ1n) is 9.91. The lowest BCUT2D eigenvalue weighted by atomic mass is 9.96. The van der Waals surface area contributed by atoms with E-state index in [-0.39, 0.29) is 17.5 Å². The number of hydrogen-bond donors (Lipinski definition) is 1. The Hall–Kier alpha value is -3.94. The van der Waals surface area contributed by atoms with Gasteiger partial charge in [0.05, 0.1) is 18.2 Å². The molecule has 1 aromatic heterocycles. The molecule has 3 aromatic rings. The summed E-state index contributed by atoms with van der Waals surface area (Å²) >= 11 is 0. The molecule has 31 heavy (non-hydrogen) atoms. The minimum Gasteiger partial charge on any atom is -0.467 e. The molecule has 3 amide bonds. The second kappa shape index (κ2) is 6.80. The van der Waals surface area contributed by atoms with Crippen LogP contribution in [0.1, 0.15) is 33.2 Å². The number of hydrogen-bond acceptors (Lipinski definition) is 5. The van der Waals surface area contributed by atoms with E-state index in [1.165, 1.54) is 12.0 Å². The first-order valence-corrected chi connectivity index (χ1v) is 9.91. The Morgan fingerprint density at radius 1 is 1.03 bits per heavy atom. The molecule has 2 aromatic carbocycles. The zero-order valence-corrected chi connectivity index (χ0v) is 16.9. The van der Waals surface area contributed by atoms with Crippen LogP contribution in [0.25, 0.3) is 10.9 Å². The molecule has 5 rings (SSSR count). The van der Waals surface area contributed by atoms with E-state index < -0.39 is 35.8 Å². The fourth-order valence-corrected chi connectivity index (χ4v) is 4.50. The van der Waals surface area contributed by atoms with Crippen molar-refractivity contribution in [2.45, 2.75) is 25.4 Å². The maximum absolute atomic E-state index is 13.6. The maximum atomic E-state index is 13.6. The molecule has 2 aliphatic rings. The normalized spacial score (nSPS) is 18.9. The molecule has 2 atom stereocenters. The van der Waals surface area contributed by atoms with Crippen LogP contribution in [0, 0.1) is 0 Å². The molecule has 0 saturated carbocycles. The third kappa shape index (κ3) is 2.61. The van der Waals surface area contributed by atoms with Gasteiger partial charge in [0.2, 0.25) is 0 Å². The number of nitrogens with one attached hydrogen (secondary N) is 1. The van der Waals surface area contributed by atoms with Gasteiger partial charge in [-0.25, -0.2) is 4.79 Å². The third-order valence-corrected chi connectivity index (χ3v) is 6.02. The lowest BCUT2D eigenvalue weighted by Crippen LogP contribution is -2.58. The molecule has 8 nitrogen and oxygen atoms in total. The number of benzene rings is 2. The Morgan fingerprint density at radius 3 is 2.29 bits per heavy atom. The lowest BCUT2D eigenvalue weighted by Gasteiger charge is -2.37. The molecule has 3 heterocycles. The highest BCUT2D eigenvalue weighted by Gasteiger charge is 2.49. The van der Waals surface area contributed by atoms with E-state index in [2.05, 4.69) is 4.98 Å². The van der Waals surface area contributed by atoms with E-state index in [0.29, 0.717) is 5.82 Å². The summed E-state index contributed by atoms with van der Waals surface area (Å²) < 4.78 is 4.86. The number of carbonyl (C=O) groups is 4. The van der Waals surface area contributed by atoms with E-state index in [9.17, 15) is 19.2 Å². The number of amides is 3. The van der Waals surface area contributed by atoms with Crippen molar-refractivity contribution in [1.29, 1.82) is 0 Å². The van der Waals surface area contributed by atoms with Gasteiger partial charge in [-0.2, -0.15) is 0 Å². The monoisotopic (exact) mass is 417 g/mol. The molecule has 0 radical (unpaired) electrons. The average Bonchev–Trinajstić information content (AvgIpc) is 3.27. The number of carbonyl (C=O) groups excluding carboxylic acids is 4. The summed E-state index contributed by atoms with van der Waals surface area (Å²) in [6.07, 6.45) is 0.161. The van der Waals surface area contributed by atoms with Gasteiger partial charge in [0, 0.05) is 22.9 Å². The highest BCUT2D eigenvalue weighted by atomic mass is 16.5. The van der Waals surface area contributed by atoms with E-state index >= 15 is 0 Å². The maximum Gasteiger partial charge on any atom is 0.328 e. The van der Waals surface area contributed by atoms with Crippen LogP contribution in [0.5, 0.6) is 0 Å². The van der Waals surface area contributed by atoms with Crippen LogP contribution in [0.4, 0.5) is 5.82 Å². The fourth-order valence-electron chi connectivity index (χ4n) is 4.50. The number of aromatic nitrogens is 1. The number of H-pyrrole nitrogens is 1. The Morgan fingerprint density at radius 2 is 1.65 bits per heavy atom. The van der Waals surface area contributed by atoms with Crippen molar-refractivity contribution in [1.82, 2.24) is 9.88 Å². The van der Waals surface area contributed by atoms with Crippen molar-refractivity contribution in [2.75, 3.05) is 12.0 Å². The van der Waals surface area contributed by atoms with Crippen LogP contribution in [-0.2, 0) is 20.7 Å². The molecular weight excluding hydrogens is 398 g/mol.